The van der Waals surface area contributed by atoms with E-state index in [0.717, 1.165) is 10.0 Å². The van der Waals surface area contributed by atoms with Crippen LogP contribution in [0.2, 0.25) is 5.02 Å². The molecule has 1 heterocycles. The maximum Gasteiger partial charge on any atom is 0.239 e. The van der Waals surface area contributed by atoms with E-state index in [1.54, 1.807) is 6.07 Å². The number of anilines is 1. The third-order valence-corrected chi connectivity index (χ3v) is 2.93. The lowest BCUT2D eigenvalue weighted by molar-refractivity contribution is 1.10. The molecule has 2 rings (SSSR count). The molecule has 0 aliphatic carbocycles. The van der Waals surface area contributed by atoms with Crippen molar-refractivity contribution in [2.24, 2.45) is 0 Å². The van der Waals surface area contributed by atoms with Gasteiger partial charge < -0.3 is 5.73 Å². The van der Waals surface area contributed by atoms with Crippen molar-refractivity contribution in [2.45, 2.75) is 0 Å². The zero-order chi connectivity index (χ0) is 10.1. The van der Waals surface area contributed by atoms with Crippen LogP contribution < -0.4 is 5.73 Å². The topological polar surface area (TPSA) is 67.6 Å². The molecule has 1 aromatic carbocycles. The number of nitrogens with one attached hydrogen (secondary N) is 1. The molecule has 0 unspecified atom stereocenters. The van der Waals surface area contributed by atoms with E-state index in [2.05, 4.69) is 31.1 Å². The zero-order valence-electron chi connectivity index (χ0n) is 6.96. The van der Waals surface area contributed by atoms with Gasteiger partial charge in [0.15, 0.2) is 5.82 Å². The number of nitrogens with two attached hydrogens (primary N) is 1. The van der Waals surface area contributed by atoms with Gasteiger partial charge in [0, 0.05) is 10.0 Å². The molecule has 0 aliphatic rings. The van der Waals surface area contributed by atoms with E-state index >= 15 is 0 Å². The smallest absolute Gasteiger partial charge is 0.239 e. The second kappa shape index (κ2) is 3.59. The molecular formula is C8H6BrClN4. The number of nitrogen functional groups attached to an aromatic ring is 1. The number of benzene rings is 1. The van der Waals surface area contributed by atoms with Crippen LogP contribution in [0, 0.1) is 0 Å². The maximum atomic E-state index is 5.93. The van der Waals surface area contributed by atoms with Crippen molar-refractivity contribution >= 4 is 33.5 Å². The molecule has 0 fully saturated rings. The lowest BCUT2D eigenvalue weighted by Gasteiger charge is -1.98. The van der Waals surface area contributed by atoms with Crippen molar-refractivity contribution in [1.82, 2.24) is 15.2 Å². The van der Waals surface area contributed by atoms with Gasteiger partial charge in [0.1, 0.15) is 0 Å². The maximum absolute atomic E-state index is 5.93. The first-order valence-electron chi connectivity index (χ1n) is 3.80. The van der Waals surface area contributed by atoms with Crippen LogP contribution in [0.25, 0.3) is 11.4 Å². The number of rotatable bonds is 1. The zero-order valence-corrected chi connectivity index (χ0v) is 9.30. The monoisotopic (exact) mass is 272 g/mol. The molecule has 6 heteroatoms. The Labute approximate surface area is 93.6 Å². The molecule has 2 aromatic rings. The second-order valence-corrected chi connectivity index (χ2v) is 3.93. The highest BCUT2D eigenvalue weighted by molar-refractivity contribution is 9.10. The first kappa shape index (κ1) is 9.48. The predicted molar refractivity (Wildman–Crippen MR) is 58.9 cm³/mol. The number of H-pyrrole nitrogens is 1. The molecule has 0 saturated carbocycles. The fourth-order valence-corrected chi connectivity index (χ4v) is 1.47. The van der Waals surface area contributed by atoms with Crippen LogP contribution in [0.15, 0.2) is 22.7 Å². The van der Waals surface area contributed by atoms with E-state index in [0.29, 0.717) is 10.8 Å². The van der Waals surface area contributed by atoms with Gasteiger partial charge in [-0.05, 0) is 34.1 Å². The van der Waals surface area contributed by atoms with E-state index in [4.69, 9.17) is 17.3 Å². The van der Waals surface area contributed by atoms with E-state index in [1.165, 1.54) is 0 Å². The Kier molecular flexibility index (Phi) is 2.43. The summed E-state index contributed by atoms with van der Waals surface area (Å²) in [5.41, 5.74) is 6.24. The van der Waals surface area contributed by atoms with Crippen molar-refractivity contribution < 1.29 is 0 Å². The van der Waals surface area contributed by atoms with Crippen LogP contribution in [-0.2, 0) is 0 Å². The van der Waals surface area contributed by atoms with E-state index in [1.807, 2.05) is 12.1 Å². The first-order valence-corrected chi connectivity index (χ1v) is 4.97. The summed E-state index contributed by atoms with van der Waals surface area (Å²) in [6, 6.07) is 5.50. The Morgan fingerprint density at radius 3 is 2.79 bits per heavy atom. The van der Waals surface area contributed by atoms with Crippen molar-refractivity contribution in [3.8, 4) is 11.4 Å². The van der Waals surface area contributed by atoms with Crippen molar-refractivity contribution in [3.05, 3.63) is 27.7 Å². The highest BCUT2D eigenvalue weighted by Gasteiger charge is 2.05. The van der Waals surface area contributed by atoms with Crippen LogP contribution in [0.4, 0.5) is 5.95 Å². The first-order chi connectivity index (χ1) is 6.66. The highest BCUT2D eigenvalue weighted by atomic mass is 79.9. The Bertz CT molecular complexity index is 468. The average molecular weight is 274 g/mol. The molecule has 0 aliphatic heterocycles. The lowest BCUT2D eigenvalue weighted by Crippen LogP contribution is -1.85. The molecule has 14 heavy (non-hydrogen) atoms. The second-order valence-electron chi connectivity index (χ2n) is 2.67. The number of hydrogen-bond donors (Lipinski definition) is 2. The number of aromatic amines is 1. The summed E-state index contributed by atoms with van der Waals surface area (Å²) >= 11 is 9.23. The van der Waals surface area contributed by atoms with Crippen LogP contribution in [0.3, 0.4) is 0 Å². The lowest BCUT2D eigenvalue weighted by atomic mass is 10.2. The Morgan fingerprint density at radius 1 is 1.43 bits per heavy atom. The molecule has 0 radical (unpaired) electrons. The standard InChI is InChI=1S/C8H6BrClN4/c9-5-2-1-4(3-6(5)10)7-12-8(11)14-13-7/h1-3H,(H3,11,12,13,14). The Morgan fingerprint density at radius 2 is 2.21 bits per heavy atom. The predicted octanol–water partition coefficient (Wildman–Crippen LogP) is 2.47. The number of aromatic nitrogens is 3. The SMILES string of the molecule is Nc1n[nH]c(-c2ccc(Br)c(Cl)c2)n1. The summed E-state index contributed by atoms with van der Waals surface area (Å²) in [6.45, 7) is 0. The fourth-order valence-electron chi connectivity index (χ4n) is 1.05. The third-order valence-electron chi connectivity index (χ3n) is 1.70. The van der Waals surface area contributed by atoms with Crippen molar-refractivity contribution in [3.63, 3.8) is 0 Å². The molecule has 0 amide bonds. The van der Waals surface area contributed by atoms with Gasteiger partial charge in [-0.2, -0.15) is 4.98 Å². The van der Waals surface area contributed by atoms with Gasteiger partial charge in [0.25, 0.3) is 0 Å². The van der Waals surface area contributed by atoms with Gasteiger partial charge in [-0.25, -0.2) is 0 Å². The summed E-state index contributed by atoms with van der Waals surface area (Å²) in [5.74, 6) is 0.830. The molecule has 0 saturated heterocycles. The van der Waals surface area contributed by atoms with Crippen LogP contribution >= 0.6 is 27.5 Å². The van der Waals surface area contributed by atoms with Gasteiger partial charge in [-0.15, -0.1) is 5.10 Å². The molecule has 3 N–H and O–H groups in total. The molecule has 4 nitrogen and oxygen atoms in total. The van der Waals surface area contributed by atoms with Gasteiger partial charge in [0.2, 0.25) is 5.95 Å². The largest absolute Gasteiger partial charge is 0.366 e. The molecule has 1 aromatic heterocycles. The van der Waals surface area contributed by atoms with E-state index in [9.17, 15) is 0 Å². The molecular weight excluding hydrogens is 267 g/mol. The fraction of sp³-hybridized carbons (Fsp3) is 0. The average Bonchev–Trinajstić information content (AvgIpc) is 2.57. The van der Waals surface area contributed by atoms with Crippen molar-refractivity contribution in [2.75, 3.05) is 5.73 Å². The molecule has 0 bridgehead atoms. The number of hydrogen-bond acceptors (Lipinski definition) is 3. The minimum Gasteiger partial charge on any atom is -0.366 e. The van der Waals surface area contributed by atoms with Gasteiger partial charge in [-0.3, -0.25) is 5.10 Å². The summed E-state index contributed by atoms with van der Waals surface area (Å²) < 4.78 is 0.843. The molecule has 0 spiro atoms. The third kappa shape index (κ3) is 1.73. The quantitative estimate of drug-likeness (QED) is 0.839. The van der Waals surface area contributed by atoms with Gasteiger partial charge in [0.05, 0.1) is 5.02 Å². The van der Waals surface area contributed by atoms with Crippen molar-refractivity contribution in [1.29, 1.82) is 0 Å². The van der Waals surface area contributed by atoms with E-state index in [-0.39, 0.29) is 5.95 Å². The molecule has 72 valence electrons. The minimum atomic E-state index is 0.221. The van der Waals surface area contributed by atoms with Crippen LogP contribution in [0.1, 0.15) is 0 Å². The van der Waals surface area contributed by atoms with Gasteiger partial charge in [-0.1, -0.05) is 11.6 Å². The van der Waals surface area contributed by atoms with E-state index < -0.39 is 0 Å². The summed E-state index contributed by atoms with van der Waals surface area (Å²) in [7, 11) is 0. The van der Waals surface area contributed by atoms with Crippen LogP contribution in [-0.4, -0.2) is 15.2 Å². The summed E-state index contributed by atoms with van der Waals surface area (Å²) in [6.07, 6.45) is 0. The van der Waals surface area contributed by atoms with Crippen LogP contribution in [0.5, 0.6) is 0 Å². The highest BCUT2D eigenvalue weighted by Crippen LogP contribution is 2.27. The van der Waals surface area contributed by atoms with Gasteiger partial charge >= 0.3 is 0 Å². The normalized spacial score (nSPS) is 10.4. The summed E-state index contributed by atoms with van der Waals surface area (Å²) in [5, 5.41) is 7.06. The Hall–Kier alpha value is -1.07. The Balaban J connectivity index is 2.47. The number of halogens is 2. The minimum absolute atomic E-state index is 0.221. The molecule has 0 atom stereocenters. The number of nitrogens with zero attached hydrogens (tertiary/aromatic N) is 2. The summed E-state index contributed by atoms with van der Waals surface area (Å²) in [4.78, 5) is 3.99.